The van der Waals surface area contributed by atoms with Crippen LogP contribution in [0.2, 0.25) is 0 Å². The molecule has 0 unspecified atom stereocenters. The van der Waals surface area contributed by atoms with Crippen molar-refractivity contribution >= 4 is 34.3 Å². The van der Waals surface area contributed by atoms with Gasteiger partial charge in [0.15, 0.2) is 0 Å². The molecule has 0 aliphatic carbocycles. The van der Waals surface area contributed by atoms with E-state index in [0.717, 1.165) is 0 Å². The SMILES string of the molecule is COc1cc2nc(C)cc(Oc3ccc(NC(=O)Nc4ccc(F)cc4)cc3)c2cc1C(=O)O. The van der Waals surface area contributed by atoms with E-state index in [1.165, 1.54) is 37.4 Å². The number of methoxy groups -OCH3 is 1. The number of carboxylic acid groups (broad SMARTS) is 1. The second-order valence-electron chi connectivity index (χ2n) is 7.35. The lowest BCUT2D eigenvalue weighted by molar-refractivity contribution is 0.0693. The Balaban J connectivity index is 1.53. The van der Waals surface area contributed by atoms with Crippen LogP contribution in [0.1, 0.15) is 16.1 Å². The van der Waals surface area contributed by atoms with Crippen LogP contribution in [-0.4, -0.2) is 29.2 Å². The molecule has 1 heterocycles. The van der Waals surface area contributed by atoms with Crippen LogP contribution in [0.3, 0.4) is 0 Å². The molecule has 172 valence electrons. The third kappa shape index (κ3) is 5.04. The maximum atomic E-state index is 13.0. The summed E-state index contributed by atoms with van der Waals surface area (Å²) in [7, 11) is 1.40. The van der Waals surface area contributed by atoms with Crippen LogP contribution in [0.4, 0.5) is 20.6 Å². The number of aromatic carboxylic acids is 1. The second-order valence-corrected chi connectivity index (χ2v) is 7.35. The summed E-state index contributed by atoms with van der Waals surface area (Å²) in [4.78, 5) is 28.2. The molecule has 0 aliphatic rings. The van der Waals surface area contributed by atoms with Gasteiger partial charge in [-0.3, -0.25) is 4.98 Å². The van der Waals surface area contributed by atoms with Crippen LogP contribution in [0.15, 0.2) is 66.7 Å². The van der Waals surface area contributed by atoms with Crippen molar-refractivity contribution in [1.82, 2.24) is 4.98 Å². The molecule has 0 aliphatic heterocycles. The number of urea groups is 1. The van der Waals surface area contributed by atoms with E-state index in [2.05, 4.69) is 15.6 Å². The van der Waals surface area contributed by atoms with Crippen LogP contribution in [-0.2, 0) is 0 Å². The van der Waals surface area contributed by atoms with Crippen molar-refractivity contribution in [2.24, 2.45) is 0 Å². The van der Waals surface area contributed by atoms with E-state index >= 15 is 0 Å². The first kappa shape index (κ1) is 22.5. The lowest BCUT2D eigenvalue weighted by Crippen LogP contribution is -2.19. The maximum absolute atomic E-state index is 13.0. The van der Waals surface area contributed by atoms with E-state index in [0.29, 0.717) is 39.5 Å². The quantitative estimate of drug-likeness (QED) is 0.334. The molecule has 8 nitrogen and oxygen atoms in total. The Hall–Kier alpha value is -4.66. The Morgan fingerprint density at radius 2 is 1.53 bits per heavy atom. The first-order valence-electron chi connectivity index (χ1n) is 10.2. The average Bonchev–Trinajstić information content (AvgIpc) is 2.80. The van der Waals surface area contributed by atoms with Gasteiger partial charge in [-0.25, -0.2) is 14.0 Å². The molecule has 2 amide bonds. The number of nitrogens with zero attached hydrogens (tertiary/aromatic N) is 1. The Morgan fingerprint density at radius 1 is 0.912 bits per heavy atom. The van der Waals surface area contributed by atoms with Crippen molar-refractivity contribution in [2.75, 3.05) is 17.7 Å². The molecule has 0 bridgehead atoms. The van der Waals surface area contributed by atoms with Gasteiger partial charge < -0.3 is 25.2 Å². The molecule has 0 saturated carbocycles. The number of amides is 2. The van der Waals surface area contributed by atoms with Crippen molar-refractivity contribution < 1.29 is 28.6 Å². The number of aromatic nitrogens is 1. The summed E-state index contributed by atoms with van der Waals surface area (Å²) in [6, 6.07) is 16.3. The van der Waals surface area contributed by atoms with Crippen LogP contribution in [0.5, 0.6) is 17.2 Å². The molecular formula is C25H20FN3O5. The number of hydrogen-bond acceptors (Lipinski definition) is 5. The minimum absolute atomic E-state index is 0.00258. The molecule has 0 fully saturated rings. The van der Waals surface area contributed by atoms with Gasteiger partial charge in [-0.05, 0) is 61.5 Å². The predicted molar refractivity (Wildman–Crippen MR) is 126 cm³/mol. The summed E-state index contributed by atoms with van der Waals surface area (Å²) >= 11 is 0. The van der Waals surface area contributed by atoms with Crippen molar-refractivity contribution in [3.63, 3.8) is 0 Å². The van der Waals surface area contributed by atoms with Crippen LogP contribution in [0.25, 0.3) is 10.9 Å². The fraction of sp³-hybridized carbons (Fsp3) is 0.0800. The lowest BCUT2D eigenvalue weighted by atomic mass is 10.1. The summed E-state index contributed by atoms with van der Waals surface area (Å²) in [5.41, 5.74) is 2.19. The highest BCUT2D eigenvalue weighted by Gasteiger charge is 2.16. The number of hydrogen-bond donors (Lipinski definition) is 3. The standard InChI is InChI=1S/C25H20FN3O5/c1-14-11-23(19-12-20(24(30)31)22(33-2)13-21(19)27-14)34-18-9-7-17(8-10-18)29-25(32)28-16-5-3-15(26)4-6-16/h3-13H,1-2H3,(H,30,31)(H2,28,29,32). The number of carbonyl (C=O) groups is 2. The van der Waals surface area contributed by atoms with Gasteiger partial charge in [0.05, 0.1) is 12.6 Å². The van der Waals surface area contributed by atoms with E-state index in [-0.39, 0.29) is 11.3 Å². The van der Waals surface area contributed by atoms with Crippen molar-refractivity contribution in [3.05, 3.63) is 83.8 Å². The minimum atomic E-state index is -1.13. The van der Waals surface area contributed by atoms with Crippen LogP contribution < -0.4 is 20.1 Å². The lowest BCUT2D eigenvalue weighted by Gasteiger charge is -2.13. The number of anilines is 2. The molecule has 34 heavy (non-hydrogen) atoms. The zero-order chi connectivity index (χ0) is 24.2. The highest BCUT2D eigenvalue weighted by atomic mass is 19.1. The Labute approximate surface area is 194 Å². The zero-order valence-electron chi connectivity index (χ0n) is 18.3. The molecule has 0 atom stereocenters. The number of rotatable bonds is 6. The summed E-state index contributed by atoms with van der Waals surface area (Å²) < 4.78 is 24.2. The molecule has 3 aromatic carbocycles. The van der Waals surface area contributed by atoms with Gasteiger partial charge in [-0.2, -0.15) is 0 Å². The molecule has 4 aromatic rings. The van der Waals surface area contributed by atoms with Gasteiger partial charge in [0, 0.05) is 34.6 Å². The number of aryl methyl sites for hydroxylation is 1. The number of ether oxygens (including phenoxy) is 2. The first-order valence-corrected chi connectivity index (χ1v) is 10.2. The number of carbonyl (C=O) groups excluding carboxylic acids is 1. The van der Waals surface area contributed by atoms with Gasteiger partial charge in [0.2, 0.25) is 0 Å². The van der Waals surface area contributed by atoms with Crippen LogP contribution in [0, 0.1) is 12.7 Å². The topological polar surface area (TPSA) is 110 Å². The largest absolute Gasteiger partial charge is 0.496 e. The molecule has 1 aromatic heterocycles. The van der Waals surface area contributed by atoms with Gasteiger partial charge in [-0.15, -0.1) is 0 Å². The number of halogens is 1. The van der Waals surface area contributed by atoms with Gasteiger partial charge in [-0.1, -0.05) is 0 Å². The van der Waals surface area contributed by atoms with Gasteiger partial charge in [0.1, 0.15) is 28.6 Å². The van der Waals surface area contributed by atoms with Gasteiger partial charge in [0.25, 0.3) is 0 Å². The Kier molecular flexibility index (Phi) is 6.26. The third-order valence-corrected chi connectivity index (χ3v) is 4.89. The summed E-state index contributed by atoms with van der Waals surface area (Å²) in [6.45, 7) is 1.80. The minimum Gasteiger partial charge on any atom is -0.496 e. The Morgan fingerprint density at radius 3 is 2.12 bits per heavy atom. The molecule has 9 heteroatoms. The average molecular weight is 461 g/mol. The second kappa shape index (κ2) is 9.45. The predicted octanol–water partition coefficient (Wildman–Crippen LogP) is 5.83. The summed E-state index contributed by atoms with van der Waals surface area (Å²) in [5.74, 6) is -0.401. The van der Waals surface area contributed by atoms with Crippen molar-refractivity contribution in [1.29, 1.82) is 0 Å². The monoisotopic (exact) mass is 461 g/mol. The Bertz CT molecular complexity index is 1370. The summed E-state index contributed by atoms with van der Waals surface area (Å²) in [5, 5.41) is 15.3. The van der Waals surface area contributed by atoms with Crippen molar-refractivity contribution in [3.8, 4) is 17.2 Å². The number of carboxylic acids is 1. The number of nitrogens with one attached hydrogen (secondary N) is 2. The van der Waals surface area contributed by atoms with E-state index < -0.39 is 17.8 Å². The smallest absolute Gasteiger partial charge is 0.339 e. The zero-order valence-corrected chi connectivity index (χ0v) is 18.3. The molecule has 0 radical (unpaired) electrons. The fourth-order valence-corrected chi connectivity index (χ4v) is 3.33. The number of pyridine rings is 1. The van der Waals surface area contributed by atoms with E-state index in [1.807, 2.05) is 0 Å². The van der Waals surface area contributed by atoms with E-state index in [1.54, 1.807) is 43.3 Å². The fourth-order valence-electron chi connectivity index (χ4n) is 3.33. The number of benzene rings is 3. The highest BCUT2D eigenvalue weighted by Crippen LogP contribution is 2.34. The molecule has 0 spiro atoms. The third-order valence-electron chi connectivity index (χ3n) is 4.89. The molecule has 0 saturated heterocycles. The van der Waals surface area contributed by atoms with E-state index in [9.17, 15) is 19.1 Å². The molecule has 3 N–H and O–H groups in total. The highest BCUT2D eigenvalue weighted by molar-refractivity contribution is 6.00. The molecular weight excluding hydrogens is 441 g/mol. The van der Waals surface area contributed by atoms with Crippen molar-refractivity contribution in [2.45, 2.75) is 6.92 Å². The molecule has 4 rings (SSSR count). The van der Waals surface area contributed by atoms with Gasteiger partial charge >= 0.3 is 12.0 Å². The normalized spacial score (nSPS) is 10.6. The maximum Gasteiger partial charge on any atom is 0.339 e. The summed E-state index contributed by atoms with van der Waals surface area (Å²) in [6.07, 6.45) is 0. The first-order chi connectivity index (χ1) is 16.3. The van der Waals surface area contributed by atoms with E-state index in [4.69, 9.17) is 9.47 Å². The number of fused-ring (bicyclic) bond motifs is 1. The van der Waals surface area contributed by atoms with Crippen LogP contribution >= 0.6 is 0 Å².